The van der Waals surface area contributed by atoms with Crippen LogP contribution in [0.5, 0.6) is 11.5 Å². The maximum Gasteiger partial charge on any atom is 0.207 e. The molecule has 0 aromatic heterocycles. The molecule has 2 rings (SSSR count). The number of phenolic OH excluding ortho intramolecular Hbond substituents is 2. The Balaban J connectivity index is 2.66. The highest BCUT2D eigenvalue weighted by atomic mass is 32.2. The van der Waals surface area contributed by atoms with Crippen molar-refractivity contribution in [3.8, 4) is 11.5 Å². The molecule has 0 unspecified atom stereocenters. The molecule has 0 aliphatic rings. The van der Waals surface area contributed by atoms with E-state index in [1.807, 2.05) is 0 Å². The van der Waals surface area contributed by atoms with Crippen LogP contribution in [0.3, 0.4) is 0 Å². The van der Waals surface area contributed by atoms with Gasteiger partial charge in [0, 0.05) is 0 Å². The number of phenols is 2. The summed E-state index contributed by atoms with van der Waals surface area (Å²) in [6, 6.07) is 7.14. The first-order chi connectivity index (χ1) is 9.23. The van der Waals surface area contributed by atoms with Gasteiger partial charge in [0.15, 0.2) is 0 Å². The maximum absolute atomic E-state index is 12.6. The van der Waals surface area contributed by atoms with Crippen LogP contribution in [0.15, 0.2) is 40.1 Å². The fraction of sp³-hybridized carbons (Fsp3) is 0.200. The predicted molar refractivity (Wildman–Crippen MR) is 75.9 cm³/mol. The van der Waals surface area contributed by atoms with Crippen LogP contribution in [-0.4, -0.2) is 18.6 Å². The van der Waals surface area contributed by atoms with Gasteiger partial charge in [0.1, 0.15) is 11.5 Å². The lowest BCUT2D eigenvalue weighted by molar-refractivity contribution is 0.468. The highest BCUT2D eigenvalue weighted by molar-refractivity contribution is 7.91. The van der Waals surface area contributed by atoms with Crippen molar-refractivity contribution >= 4 is 9.84 Å². The summed E-state index contributed by atoms with van der Waals surface area (Å²) >= 11 is 0. The summed E-state index contributed by atoms with van der Waals surface area (Å²) in [6.07, 6.45) is 0. The maximum atomic E-state index is 12.6. The van der Waals surface area contributed by atoms with Crippen LogP contribution in [-0.2, 0) is 9.84 Å². The zero-order valence-corrected chi connectivity index (χ0v) is 12.3. The van der Waals surface area contributed by atoms with E-state index < -0.39 is 9.84 Å². The Bertz CT molecular complexity index is 777. The first-order valence-corrected chi connectivity index (χ1v) is 7.56. The minimum absolute atomic E-state index is 0.0359. The average molecular weight is 292 g/mol. The minimum atomic E-state index is -3.72. The summed E-state index contributed by atoms with van der Waals surface area (Å²) in [5, 5.41) is 19.3. The van der Waals surface area contributed by atoms with E-state index in [1.165, 1.54) is 24.3 Å². The summed E-state index contributed by atoms with van der Waals surface area (Å²) in [7, 11) is -3.72. The van der Waals surface area contributed by atoms with Crippen LogP contribution in [0, 0.1) is 20.8 Å². The molecular formula is C15H16O4S. The molecule has 0 aliphatic carbocycles. The molecule has 0 bridgehead atoms. The zero-order chi connectivity index (χ0) is 15.1. The van der Waals surface area contributed by atoms with Gasteiger partial charge >= 0.3 is 0 Å². The summed E-state index contributed by atoms with van der Waals surface area (Å²) in [6.45, 7) is 4.96. The second-order valence-electron chi connectivity index (χ2n) is 4.86. The van der Waals surface area contributed by atoms with Gasteiger partial charge < -0.3 is 10.2 Å². The quantitative estimate of drug-likeness (QED) is 0.892. The fourth-order valence-electron chi connectivity index (χ4n) is 1.95. The molecule has 2 aromatic carbocycles. The SMILES string of the molecule is Cc1ccc(S(=O)(=O)c2cc(C)c(O)cc2C)cc1O. The van der Waals surface area contributed by atoms with Gasteiger partial charge in [-0.15, -0.1) is 0 Å². The molecule has 5 heteroatoms. The van der Waals surface area contributed by atoms with Crippen LogP contribution in [0.4, 0.5) is 0 Å². The molecule has 0 amide bonds. The molecule has 0 atom stereocenters. The van der Waals surface area contributed by atoms with E-state index in [9.17, 15) is 18.6 Å². The van der Waals surface area contributed by atoms with Crippen molar-refractivity contribution in [2.75, 3.05) is 0 Å². The van der Waals surface area contributed by atoms with Gasteiger partial charge in [-0.1, -0.05) is 6.07 Å². The van der Waals surface area contributed by atoms with Crippen molar-refractivity contribution in [1.29, 1.82) is 0 Å². The smallest absolute Gasteiger partial charge is 0.207 e. The summed E-state index contributed by atoms with van der Waals surface area (Å²) in [5.74, 6) is 0.00688. The highest BCUT2D eigenvalue weighted by Crippen LogP contribution is 2.31. The third kappa shape index (κ3) is 2.36. The molecule has 2 N–H and O–H groups in total. The lowest BCUT2D eigenvalue weighted by Gasteiger charge is -2.11. The Morgan fingerprint density at radius 3 is 2.00 bits per heavy atom. The molecule has 0 saturated heterocycles. The molecule has 20 heavy (non-hydrogen) atoms. The summed E-state index contributed by atoms with van der Waals surface area (Å²) in [4.78, 5) is 0.171. The summed E-state index contributed by atoms with van der Waals surface area (Å²) in [5.41, 5.74) is 1.57. The van der Waals surface area contributed by atoms with Crippen molar-refractivity contribution in [3.05, 3.63) is 47.0 Å². The number of rotatable bonds is 2. The largest absolute Gasteiger partial charge is 0.508 e. The van der Waals surface area contributed by atoms with Crippen LogP contribution in [0.1, 0.15) is 16.7 Å². The molecule has 0 heterocycles. The molecule has 0 radical (unpaired) electrons. The molecule has 4 nitrogen and oxygen atoms in total. The Labute approximate surface area is 118 Å². The van der Waals surface area contributed by atoms with Gasteiger partial charge in [-0.2, -0.15) is 0 Å². The van der Waals surface area contributed by atoms with Crippen LogP contribution < -0.4 is 0 Å². The van der Waals surface area contributed by atoms with E-state index in [-0.39, 0.29) is 21.3 Å². The van der Waals surface area contributed by atoms with E-state index >= 15 is 0 Å². The van der Waals surface area contributed by atoms with Crippen LogP contribution in [0.25, 0.3) is 0 Å². The van der Waals surface area contributed by atoms with Gasteiger partial charge in [-0.05, 0) is 61.7 Å². The molecule has 106 valence electrons. The molecule has 0 spiro atoms. The minimum Gasteiger partial charge on any atom is -0.508 e. The first kappa shape index (κ1) is 14.4. The van der Waals surface area contributed by atoms with E-state index in [2.05, 4.69) is 0 Å². The van der Waals surface area contributed by atoms with Gasteiger partial charge in [-0.3, -0.25) is 0 Å². The Morgan fingerprint density at radius 2 is 1.40 bits per heavy atom. The Morgan fingerprint density at radius 1 is 0.800 bits per heavy atom. The van der Waals surface area contributed by atoms with E-state index in [1.54, 1.807) is 26.8 Å². The third-order valence-electron chi connectivity index (χ3n) is 3.27. The standard InChI is InChI=1S/C15H16O4S/c1-9-4-5-12(8-14(9)17)20(18,19)15-7-10(2)13(16)6-11(15)3/h4-8,16-17H,1-3H3. The third-order valence-corrected chi connectivity index (χ3v) is 5.17. The van der Waals surface area contributed by atoms with Gasteiger partial charge in [0.05, 0.1) is 9.79 Å². The van der Waals surface area contributed by atoms with Gasteiger partial charge in [-0.25, -0.2) is 8.42 Å². The molecule has 2 aromatic rings. The second-order valence-corrected chi connectivity index (χ2v) is 6.77. The first-order valence-electron chi connectivity index (χ1n) is 6.08. The van der Waals surface area contributed by atoms with Crippen molar-refractivity contribution in [3.63, 3.8) is 0 Å². The molecule has 0 saturated carbocycles. The average Bonchev–Trinajstić information content (AvgIpc) is 2.36. The van der Waals surface area contributed by atoms with E-state index in [4.69, 9.17) is 0 Å². The predicted octanol–water partition coefficient (Wildman–Crippen LogP) is 2.86. The van der Waals surface area contributed by atoms with E-state index in [0.717, 1.165) is 0 Å². The topological polar surface area (TPSA) is 74.6 Å². The monoisotopic (exact) mass is 292 g/mol. The fourth-order valence-corrected chi connectivity index (χ4v) is 3.53. The van der Waals surface area contributed by atoms with E-state index in [0.29, 0.717) is 16.7 Å². The van der Waals surface area contributed by atoms with Crippen molar-refractivity contribution in [2.45, 2.75) is 30.6 Å². The number of sulfone groups is 1. The zero-order valence-electron chi connectivity index (χ0n) is 11.5. The number of aromatic hydroxyl groups is 2. The number of hydrogen-bond donors (Lipinski definition) is 2. The number of benzene rings is 2. The molecule has 0 fully saturated rings. The Kier molecular flexibility index (Phi) is 3.48. The number of aryl methyl sites for hydroxylation is 3. The van der Waals surface area contributed by atoms with Crippen molar-refractivity contribution in [2.24, 2.45) is 0 Å². The van der Waals surface area contributed by atoms with Crippen molar-refractivity contribution in [1.82, 2.24) is 0 Å². The normalized spacial score (nSPS) is 11.6. The molecule has 0 aliphatic heterocycles. The number of hydrogen-bond acceptors (Lipinski definition) is 4. The van der Waals surface area contributed by atoms with Crippen LogP contribution >= 0.6 is 0 Å². The highest BCUT2D eigenvalue weighted by Gasteiger charge is 2.22. The lowest BCUT2D eigenvalue weighted by atomic mass is 10.1. The summed E-state index contributed by atoms with van der Waals surface area (Å²) < 4.78 is 25.2. The Hall–Kier alpha value is -2.01. The lowest BCUT2D eigenvalue weighted by Crippen LogP contribution is -2.05. The van der Waals surface area contributed by atoms with Crippen molar-refractivity contribution < 1.29 is 18.6 Å². The van der Waals surface area contributed by atoms with Gasteiger partial charge in [0.2, 0.25) is 9.84 Å². The second kappa shape index (κ2) is 4.83. The van der Waals surface area contributed by atoms with Crippen LogP contribution in [0.2, 0.25) is 0 Å². The molecular weight excluding hydrogens is 276 g/mol. The van der Waals surface area contributed by atoms with Gasteiger partial charge in [0.25, 0.3) is 0 Å².